The Hall–Kier alpha value is -3.46. The molecule has 2 aromatic carbocycles. The van der Waals surface area contributed by atoms with Gasteiger partial charge in [-0.25, -0.2) is 9.78 Å². The van der Waals surface area contributed by atoms with Gasteiger partial charge in [-0.05, 0) is 36.8 Å². The highest BCUT2D eigenvalue weighted by atomic mass is 32.2. The summed E-state index contributed by atoms with van der Waals surface area (Å²) in [6.07, 6.45) is 0.567. The first-order chi connectivity index (χ1) is 14.0. The summed E-state index contributed by atoms with van der Waals surface area (Å²) in [5, 5.41) is 21.1. The van der Waals surface area contributed by atoms with E-state index in [-0.39, 0.29) is 11.5 Å². The Bertz CT molecular complexity index is 1210. The van der Waals surface area contributed by atoms with Gasteiger partial charge in [0.25, 0.3) is 0 Å². The Morgan fingerprint density at radius 1 is 1.14 bits per heavy atom. The Balaban J connectivity index is 1.51. The zero-order valence-electron chi connectivity index (χ0n) is 15.4. The molecule has 2 heterocycles. The Kier molecular flexibility index (Phi) is 5.13. The number of benzene rings is 2. The standard InChI is InChI=1S/C20H17N5O3S/c1-2-15(18(26)21-12-9-7-11(8-10-12)19(27)28)29-20-23-17-16(24-25-20)13-5-3-4-6-14(13)22-17/h3-10,15H,2H2,1H3,(H,21,26)(H,27,28)(H,22,23,25). The molecule has 0 radical (unpaired) electrons. The predicted molar refractivity (Wildman–Crippen MR) is 111 cm³/mol. The van der Waals surface area contributed by atoms with Crippen LogP contribution in [0, 0.1) is 0 Å². The first kappa shape index (κ1) is 18.9. The van der Waals surface area contributed by atoms with Crippen LogP contribution in [0.15, 0.2) is 53.7 Å². The van der Waals surface area contributed by atoms with Crippen LogP contribution in [0.2, 0.25) is 0 Å². The third kappa shape index (κ3) is 3.90. The molecule has 0 bridgehead atoms. The molecule has 29 heavy (non-hydrogen) atoms. The maximum absolute atomic E-state index is 12.6. The molecule has 9 heteroatoms. The zero-order chi connectivity index (χ0) is 20.4. The molecular formula is C20H17N5O3S. The Morgan fingerprint density at radius 3 is 2.62 bits per heavy atom. The summed E-state index contributed by atoms with van der Waals surface area (Å²) in [4.78, 5) is 31.3. The number of para-hydroxylation sites is 1. The molecule has 0 aliphatic heterocycles. The highest BCUT2D eigenvalue weighted by Crippen LogP contribution is 2.27. The number of thioether (sulfide) groups is 1. The van der Waals surface area contributed by atoms with Gasteiger partial charge < -0.3 is 15.4 Å². The van der Waals surface area contributed by atoms with Crippen LogP contribution < -0.4 is 5.32 Å². The molecule has 3 N–H and O–H groups in total. The van der Waals surface area contributed by atoms with Gasteiger partial charge >= 0.3 is 5.97 Å². The van der Waals surface area contributed by atoms with Crippen LogP contribution in [0.5, 0.6) is 0 Å². The topological polar surface area (TPSA) is 121 Å². The lowest BCUT2D eigenvalue weighted by molar-refractivity contribution is -0.115. The minimum absolute atomic E-state index is 0.163. The van der Waals surface area contributed by atoms with Crippen molar-refractivity contribution in [3.05, 3.63) is 54.1 Å². The molecule has 4 aromatic rings. The summed E-state index contributed by atoms with van der Waals surface area (Å²) in [5.74, 6) is -1.22. The average Bonchev–Trinajstić information content (AvgIpc) is 3.10. The second-order valence-electron chi connectivity index (χ2n) is 6.35. The van der Waals surface area contributed by atoms with E-state index < -0.39 is 11.2 Å². The van der Waals surface area contributed by atoms with Crippen LogP contribution in [-0.4, -0.2) is 42.4 Å². The summed E-state index contributed by atoms with van der Waals surface area (Å²) >= 11 is 1.24. The molecule has 1 atom stereocenters. The average molecular weight is 407 g/mol. The van der Waals surface area contributed by atoms with Crippen LogP contribution in [0.1, 0.15) is 23.7 Å². The van der Waals surface area contributed by atoms with Crippen molar-refractivity contribution in [1.29, 1.82) is 0 Å². The van der Waals surface area contributed by atoms with Gasteiger partial charge in [-0.1, -0.05) is 36.9 Å². The number of carboxylic acids is 1. The number of aromatic nitrogens is 4. The van der Waals surface area contributed by atoms with Crippen LogP contribution in [-0.2, 0) is 4.79 Å². The number of carboxylic acid groups (broad SMARTS) is 1. The summed E-state index contributed by atoms with van der Waals surface area (Å²) in [6, 6.07) is 13.8. The van der Waals surface area contributed by atoms with Crippen molar-refractivity contribution in [2.24, 2.45) is 0 Å². The number of amides is 1. The van der Waals surface area contributed by atoms with Crippen molar-refractivity contribution in [1.82, 2.24) is 20.2 Å². The second kappa shape index (κ2) is 7.88. The number of aromatic carboxylic acids is 1. The number of aromatic amines is 1. The number of hydrogen-bond acceptors (Lipinski definition) is 6. The quantitative estimate of drug-likeness (QED) is 0.417. The van der Waals surface area contributed by atoms with Gasteiger partial charge in [0, 0.05) is 16.6 Å². The number of anilines is 1. The number of rotatable bonds is 6. The zero-order valence-corrected chi connectivity index (χ0v) is 16.2. The van der Waals surface area contributed by atoms with Gasteiger partial charge in [0.2, 0.25) is 11.1 Å². The number of fused-ring (bicyclic) bond motifs is 3. The van der Waals surface area contributed by atoms with Gasteiger partial charge in [-0.15, -0.1) is 10.2 Å². The van der Waals surface area contributed by atoms with E-state index in [0.717, 1.165) is 10.9 Å². The monoisotopic (exact) mass is 407 g/mol. The molecule has 0 saturated heterocycles. The Labute approximate surface area is 169 Å². The van der Waals surface area contributed by atoms with Crippen LogP contribution in [0.25, 0.3) is 22.1 Å². The maximum atomic E-state index is 12.6. The van der Waals surface area contributed by atoms with Gasteiger partial charge in [0.15, 0.2) is 5.65 Å². The highest BCUT2D eigenvalue weighted by Gasteiger charge is 2.21. The minimum atomic E-state index is -1.01. The summed E-state index contributed by atoms with van der Waals surface area (Å²) in [5.41, 5.74) is 2.95. The minimum Gasteiger partial charge on any atom is -0.478 e. The largest absolute Gasteiger partial charge is 0.478 e. The lowest BCUT2D eigenvalue weighted by Gasteiger charge is -2.13. The van der Waals surface area contributed by atoms with E-state index >= 15 is 0 Å². The van der Waals surface area contributed by atoms with E-state index in [2.05, 4.69) is 25.5 Å². The van der Waals surface area contributed by atoms with Crippen molar-refractivity contribution in [3.63, 3.8) is 0 Å². The van der Waals surface area contributed by atoms with Crippen molar-refractivity contribution in [3.8, 4) is 0 Å². The van der Waals surface area contributed by atoms with Crippen molar-refractivity contribution in [2.75, 3.05) is 5.32 Å². The fourth-order valence-corrected chi connectivity index (χ4v) is 3.74. The van der Waals surface area contributed by atoms with E-state index in [1.165, 1.54) is 23.9 Å². The molecule has 0 fully saturated rings. The molecule has 0 aliphatic rings. The SMILES string of the molecule is CCC(Sc1nnc2c(n1)[nH]c1ccccc12)C(=O)Nc1ccc(C(=O)O)cc1. The van der Waals surface area contributed by atoms with Crippen molar-refractivity contribution >= 4 is 51.4 Å². The van der Waals surface area contributed by atoms with Crippen LogP contribution in [0.3, 0.4) is 0 Å². The molecule has 1 unspecified atom stereocenters. The van der Waals surface area contributed by atoms with Gasteiger partial charge in [-0.2, -0.15) is 0 Å². The fourth-order valence-electron chi connectivity index (χ4n) is 2.92. The van der Waals surface area contributed by atoms with Crippen LogP contribution >= 0.6 is 11.8 Å². The Morgan fingerprint density at radius 2 is 1.90 bits per heavy atom. The summed E-state index contributed by atoms with van der Waals surface area (Å²) in [6.45, 7) is 1.90. The number of nitrogens with zero attached hydrogens (tertiary/aromatic N) is 3. The molecular weight excluding hydrogens is 390 g/mol. The molecule has 146 valence electrons. The van der Waals surface area contributed by atoms with E-state index in [4.69, 9.17) is 5.11 Å². The second-order valence-corrected chi connectivity index (χ2v) is 7.52. The number of hydrogen-bond donors (Lipinski definition) is 3. The van der Waals surface area contributed by atoms with Crippen molar-refractivity contribution in [2.45, 2.75) is 23.8 Å². The van der Waals surface area contributed by atoms with E-state index in [1.54, 1.807) is 12.1 Å². The van der Waals surface area contributed by atoms with Gasteiger partial charge in [-0.3, -0.25) is 4.79 Å². The number of H-pyrrole nitrogens is 1. The molecule has 0 spiro atoms. The molecule has 8 nitrogen and oxygen atoms in total. The number of carbonyl (C=O) groups excluding carboxylic acids is 1. The predicted octanol–water partition coefficient (Wildman–Crippen LogP) is 3.71. The molecule has 2 aromatic heterocycles. The van der Waals surface area contributed by atoms with E-state index in [9.17, 15) is 9.59 Å². The van der Waals surface area contributed by atoms with Crippen molar-refractivity contribution < 1.29 is 14.7 Å². The van der Waals surface area contributed by atoms with E-state index in [0.29, 0.717) is 28.4 Å². The van der Waals surface area contributed by atoms with Gasteiger partial charge in [0.05, 0.1) is 10.8 Å². The third-order valence-electron chi connectivity index (χ3n) is 4.41. The first-order valence-corrected chi connectivity index (χ1v) is 9.85. The summed E-state index contributed by atoms with van der Waals surface area (Å²) in [7, 11) is 0. The molecule has 1 amide bonds. The normalized spacial score (nSPS) is 12.2. The fraction of sp³-hybridized carbons (Fsp3) is 0.150. The van der Waals surface area contributed by atoms with E-state index in [1.807, 2.05) is 31.2 Å². The first-order valence-electron chi connectivity index (χ1n) is 8.97. The molecule has 0 aliphatic carbocycles. The lowest BCUT2D eigenvalue weighted by Crippen LogP contribution is -2.25. The highest BCUT2D eigenvalue weighted by molar-refractivity contribution is 8.00. The lowest BCUT2D eigenvalue weighted by atomic mass is 10.2. The number of nitrogens with one attached hydrogen (secondary N) is 2. The summed E-state index contributed by atoms with van der Waals surface area (Å²) < 4.78 is 0. The van der Waals surface area contributed by atoms with Gasteiger partial charge in [0.1, 0.15) is 5.52 Å². The third-order valence-corrected chi connectivity index (χ3v) is 5.63. The maximum Gasteiger partial charge on any atom is 0.335 e. The smallest absolute Gasteiger partial charge is 0.335 e. The number of carbonyl (C=O) groups is 2. The van der Waals surface area contributed by atoms with Crippen LogP contribution in [0.4, 0.5) is 5.69 Å². The molecule has 4 rings (SSSR count). The molecule has 0 saturated carbocycles.